The number of amides is 2. The maximum atomic E-state index is 12.4. The van der Waals surface area contributed by atoms with Gasteiger partial charge < -0.3 is 10.5 Å². The van der Waals surface area contributed by atoms with Crippen molar-refractivity contribution in [2.24, 2.45) is 5.73 Å². The van der Waals surface area contributed by atoms with E-state index in [-0.39, 0.29) is 12.5 Å². The first-order valence-electron chi connectivity index (χ1n) is 8.43. The highest BCUT2D eigenvalue weighted by Crippen LogP contribution is 2.28. The van der Waals surface area contributed by atoms with E-state index in [1.165, 1.54) is 24.1 Å². The smallest absolute Gasteiger partial charge is 0.257 e. The number of hydrogen-bond acceptors (Lipinski definition) is 5. The molecule has 0 aliphatic heterocycles. The highest BCUT2D eigenvalue weighted by molar-refractivity contribution is 7.15. The Kier molecular flexibility index (Phi) is 5.65. The molecule has 1 aromatic carbocycles. The van der Waals surface area contributed by atoms with Gasteiger partial charge in [-0.15, -0.1) is 11.3 Å². The van der Waals surface area contributed by atoms with Gasteiger partial charge in [0, 0.05) is 10.4 Å². The Bertz CT molecular complexity index is 730. The summed E-state index contributed by atoms with van der Waals surface area (Å²) in [4.78, 5) is 29.0. The minimum atomic E-state index is -0.541. The fraction of sp³-hybridized carbons (Fsp3) is 0.389. The van der Waals surface area contributed by atoms with Crippen molar-refractivity contribution in [2.75, 3.05) is 11.9 Å². The highest BCUT2D eigenvalue weighted by atomic mass is 32.1. The Morgan fingerprint density at radius 2 is 1.84 bits per heavy atom. The van der Waals surface area contributed by atoms with Crippen molar-refractivity contribution in [1.82, 2.24) is 4.98 Å². The minimum Gasteiger partial charge on any atom is -0.484 e. The molecule has 1 aliphatic rings. The quantitative estimate of drug-likeness (QED) is 0.858. The van der Waals surface area contributed by atoms with E-state index >= 15 is 0 Å². The van der Waals surface area contributed by atoms with Crippen molar-refractivity contribution in [3.8, 4) is 5.75 Å². The summed E-state index contributed by atoms with van der Waals surface area (Å²) in [5, 5.41) is 3.54. The standard InChI is InChI=1S/C18H21N3O3S/c19-16(22)11-24-13-9-7-12(8-10-13)17(23)21-18-20-14-5-3-1-2-4-6-15(14)25-18/h7-10H,1-6,11H2,(H2,19,22)(H,20,21,23). The minimum absolute atomic E-state index is 0.184. The molecule has 2 amide bonds. The van der Waals surface area contributed by atoms with Crippen LogP contribution in [0.5, 0.6) is 5.75 Å². The lowest BCUT2D eigenvalue weighted by Gasteiger charge is -2.06. The second-order valence-corrected chi connectivity index (χ2v) is 7.12. The van der Waals surface area contributed by atoms with Crippen LogP contribution in [0.2, 0.25) is 0 Å². The maximum Gasteiger partial charge on any atom is 0.257 e. The van der Waals surface area contributed by atoms with Gasteiger partial charge in [0.2, 0.25) is 0 Å². The number of benzene rings is 1. The molecule has 2 aromatic rings. The monoisotopic (exact) mass is 359 g/mol. The first-order chi connectivity index (χ1) is 12.1. The van der Waals surface area contributed by atoms with Gasteiger partial charge in [-0.05, 0) is 49.9 Å². The molecule has 0 saturated carbocycles. The van der Waals surface area contributed by atoms with Crippen LogP contribution in [0, 0.1) is 0 Å². The first-order valence-corrected chi connectivity index (χ1v) is 9.24. The first kappa shape index (κ1) is 17.4. The molecule has 3 N–H and O–H groups in total. The van der Waals surface area contributed by atoms with Crippen LogP contribution in [0.4, 0.5) is 5.13 Å². The van der Waals surface area contributed by atoms with E-state index in [0.717, 1.165) is 25.0 Å². The van der Waals surface area contributed by atoms with Gasteiger partial charge in [0.05, 0.1) is 5.69 Å². The third-order valence-corrected chi connectivity index (χ3v) is 5.14. The molecule has 3 rings (SSSR count). The Morgan fingerprint density at radius 3 is 2.56 bits per heavy atom. The fourth-order valence-electron chi connectivity index (χ4n) is 2.79. The lowest BCUT2D eigenvalue weighted by Crippen LogP contribution is -2.20. The Hall–Kier alpha value is -2.41. The van der Waals surface area contributed by atoms with E-state index in [1.54, 1.807) is 35.6 Å². The predicted molar refractivity (Wildman–Crippen MR) is 97.1 cm³/mol. The lowest BCUT2D eigenvalue weighted by molar-refractivity contribution is -0.119. The number of aryl methyl sites for hydroxylation is 2. The van der Waals surface area contributed by atoms with Crippen LogP contribution in [0.3, 0.4) is 0 Å². The molecule has 7 heteroatoms. The normalized spacial score (nSPS) is 14.1. The van der Waals surface area contributed by atoms with E-state index < -0.39 is 5.91 Å². The Balaban J connectivity index is 1.63. The zero-order valence-corrected chi connectivity index (χ0v) is 14.7. The van der Waals surface area contributed by atoms with Crippen molar-refractivity contribution in [3.05, 3.63) is 40.4 Å². The van der Waals surface area contributed by atoms with Crippen LogP contribution in [0.25, 0.3) is 0 Å². The molecular formula is C18H21N3O3S. The number of nitrogens with two attached hydrogens (primary N) is 1. The maximum absolute atomic E-state index is 12.4. The Labute approximate surface area is 150 Å². The SMILES string of the molecule is NC(=O)COc1ccc(C(=O)Nc2nc3c(s2)CCCCCC3)cc1. The van der Waals surface area contributed by atoms with Crippen molar-refractivity contribution in [3.63, 3.8) is 0 Å². The van der Waals surface area contributed by atoms with Gasteiger partial charge in [-0.3, -0.25) is 14.9 Å². The summed E-state index contributed by atoms with van der Waals surface area (Å²) < 4.78 is 5.18. The topological polar surface area (TPSA) is 94.3 Å². The van der Waals surface area contributed by atoms with Crippen molar-refractivity contribution < 1.29 is 14.3 Å². The number of hydrogen-bond donors (Lipinski definition) is 2. The number of nitrogens with zero attached hydrogens (tertiary/aromatic N) is 1. The van der Waals surface area contributed by atoms with Crippen LogP contribution in [0.1, 0.15) is 46.6 Å². The largest absolute Gasteiger partial charge is 0.484 e. The third-order valence-electron chi connectivity index (χ3n) is 4.06. The van der Waals surface area contributed by atoms with Crippen molar-refractivity contribution in [2.45, 2.75) is 38.5 Å². The van der Waals surface area contributed by atoms with Gasteiger partial charge in [-0.1, -0.05) is 12.8 Å². The number of anilines is 1. The number of primary amides is 1. The van der Waals surface area contributed by atoms with Gasteiger partial charge in [0.15, 0.2) is 11.7 Å². The zero-order chi connectivity index (χ0) is 17.6. The molecule has 0 fully saturated rings. The molecule has 25 heavy (non-hydrogen) atoms. The summed E-state index contributed by atoms with van der Waals surface area (Å²) in [7, 11) is 0. The number of carbonyl (C=O) groups excluding carboxylic acids is 2. The number of fused-ring (bicyclic) bond motifs is 1. The number of rotatable bonds is 5. The van der Waals surface area contributed by atoms with Crippen LogP contribution in [-0.2, 0) is 17.6 Å². The molecule has 0 spiro atoms. The van der Waals surface area contributed by atoms with E-state index in [0.29, 0.717) is 16.4 Å². The molecule has 0 saturated heterocycles. The molecule has 0 bridgehead atoms. The van der Waals surface area contributed by atoms with E-state index in [4.69, 9.17) is 10.5 Å². The zero-order valence-electron chi connectivity index (χ0n) is 13.9. The summed E-state index contributed by atoms with van der Waals surface area (Å²) in [6, 6.07) is 6.57. The number of thiazole rings is 1. The molecule has 1 aromatic heterocycles. The molecule has 0 radical (unpaired) electrons. The summed E-state index contributed by atoms with van der Waals surface area (Å²) >= 11 is 1.58. The lowest BCUT2D eigenvalue weighted by atomic mass is 10.0. The van der Waals surface area contributed by atoms with Gasteiger partial charge in [0.1, 0.15) is 5.75 Å². The molecule has 0 unspecified atom stereocenters. The van der Waals surface area contributed by atoms with Crippen LogP contribution < -0.4 is 15.8 Å². The molecule has 6 nitrogen and oxygen atoms in total. The van der Waals surface area contributed by atoms with Crippen LogP contribution >= 0.6 is 11.3 Å². The van der Waals surface area contributed by atoms with E-state index in [1.807, 2.05) is 0 Å². The Morgan fingerprint density at radius 1 is 1.12 bits per heavy atom. The second kappa shape index (κ2) is 8.11. The van der Waals surface area contributed by atoms with Crippen LogP contribution in [-0.4, -0.2) is 23.4 Å². The molecule has 132 valence electrons. The second-order valence-electron chi connectivity index (χ2n) is 6.04. The van der Waals surface area contributed by atoms with Crippen molar-refractivity contribution >= 4 is 28.3 Å². The summed E-state index contributed by atoms with van der Waals surface area (Å²) in [5.41, 5.74) is 6.67. The van der Waals surface area contributed by atoms with E-state index in [9.17, 15) is 9.59 Å². The van der Waals surface area contributed by atoms with Gasteiger partial charge in [0.25, 0.3) is 11.8 Å². The number of aromatic nitrogens is 1. The van der Waals surface area contributed by atoms with Crippen LogP contribution in [0.15, 0.2) is 24.3 Å². The summed E-state index contributed by atoms with van der Waals surface area (Å²) in [5.74, 6) is -0.253. The number of nitrogens with one attached hydrogen (secondary N) is 1. The summed E-state index contributed by atoms with van der Waals surface area (Å²) in [6.45, 7) is -0.184. The van der Waals surface area contributed by atoms with Crippen molar-refractivity contribution in [1.29, 1.82) is 0 Å². The molecular weight excluding hydrogens is 338 g/mol. The average molecular weight is 359 g/mol. The average Bonchev–Trinajstić information content (AvgIpc) is 2.94. The molecule has 1 aliphatic carbocycles. The van der Waals surface area contributed by atoms with E-state index in [2.05, 4.69) is 10.3 Å². The third kappa shape index (κ3) is 4.79. The number of carbonyl (C=O) groups is 2. The number of ether oxygens (including phenoxy) is 1. The highest BCUT2D eigenvalue weighted by Gasteiger charge is 2.15. The van der Waals surface area contributed by atoms with Gasteiger partial charge in [-0.25, -0.2) is 4.98 Å². The predicted octanol–water partition coefficient (Wildman–Crippen LogP) is 2.92. The molecule has 0 atom stereocenters. The van der Waals surface area contributed by atoms with Gasteiger partial charge >= 0.3 is 0 Å². The van der Waals surface area contributed by atoms with Gasteiger partial charge in [-0.2, -0.15) is 0 Å². The molecule has 1 heterocycles. The fourth-order valence-corrected chi connectivity index (χ4v) is 3.83. The summed E-state index contributed by atoms with van der Waals surface area (Å²) in [6.07, 6.45) is 6.92.